The number of rotatable bonds is 3. The third-order valence-electron chi connectivity index (χ3n) is 3.01. The van der Waals surface area contributed by atoms with Gasteiger partial charge in [-0.1, -0.05) is 23.4 Å². The van der Waals surface area contributed by atoms with E-state index in [4.69, 9.17) is 4.74 Å². The second-order valence-corrected chi connectivity index (χ2v) is 4.15. The molecule has 1 heterocycles. The van der Waals surface area contributed by atoms with Gasteiger partial charge in [-0.15, -0.1) is 5.10 Å². The average molecular weight is 269 g/mol. The van der Waals surface area contributed by atoms with Gasteiger partial charge >= 0.3 is 5.97 Å². The van der Waals surface area contributed by atoms with Crippen LogP contribution in [0.25, 0.3) is 16.7 Å². The minimum Gasteiger partial charge on any atom is -0.494 e. The molecule has 6 heteroatoms. The van der Waals surface area contributed by atoms with Gasteiger partial charge in [0.2, 0.25) is 0 Å². The molecule has 0 radical (unpaired) electrons. The van der Waals surface area contributed by atoms with Crippen molar-refractivity contribution < 1.29 is 14.6 Å². The summed E-state index contributed by atoms with van der Waals surface area (Å²) in [6.07, 6.45) is 0. The molecule has 0 amide bonds. The predicted octanol–water partition coefficient (Wildman–Crippen LogP) is 2.13. The molecule has 1 aromatic heterocycles. The van der Waals surface area contributed by atoms with Crippen LogP contribution in [-0.4, -0.2) is 33.2 Å². The molecular weight excluding hydrogens is 258 g/mol. The molecule has 0 unspecified atom stereocenters. The molecule has 0 saturated carbocycles. The summed E-state index contributed by atoms with van der Waals surface area (Å²) < 4.78 is 6.81. The Morgan fingerprint density at radius 3 is 2.75 bits per heavy atom. The van der Waals surface area contributed by atoms with Crippen LogP contribution in [0, 0.1) is 0 Å². The number of methoxy groups -OCH3 is 1. The first-order valence-corrected chi connectivity index (χ1v) is 5.93. The number of ether oxygens (including phenoxy) is 1. The van der Waals surface area contributed by atoms with Gasteiger partial charge in [0.1, 0.15) is 16.8 Å². The van der Waals surface area contributed by atoms with Crippen LogP contribution in [-0.2, 0) is 0 Å². The van der Waals surface area contributed by atoms with Crippen molar-refractivity contribution in [2.24, 2.45) is 0 Å². The van der Waals surface area contributed by atoms with Gasteiger partial charge in [-0.2, -0.15) is 0 Å². The Balaban J connectivity index is 2.29. The van der Waals surface area contributed by atoms with Crippen LogP contribution >= 0.6 is 0 Å². The van der Waals surface area contributed by atoms with Gasteiger partial charge in [-0.05, 0) is 24.3 Å². The highest BCUT2D eigenvalue weighted by Crippen LogP contribution is 2.28. The number of fused-ring (bicyclic) bond motifs is 1. The highest BCUT2D eigenvalue weighted by Gasteiger charge is 2.17. The van der Waals surface area contributed by atoms with Crippen molar-refractivity contribution in [2.75, 3.05) is 7.11 Å². The number of hydrogen-bond acceptors (Lipinski definition) is 4. The molecule has 0 atom stereocenters. The van der Waals surface area contributed by atoms with Crippen LogP contribution < -0.4 is 4.74 Å². The normalized spacial score (nSPS) is 10.7. The maximum Gasteiger partial charge on any atom is 0.339 e. The molecule has 3 rings (SSSR count). The quantitative estimate of drug-likeness (QED) is 0.788. The lowest BCUT2D eigenvalue weighted by Crippen LogP contribution is -2.06. The SMILES string of the molecule is COc1c(C(=O)O)cccc1-n1nnc2ccccc21. The molecule has 0 aliphatic carbocycles. The minimum absolute atomic E-state index is 0.0876. The zero-order chi connectivity index (χ0) is 14.1. The van der Waals surface area contributed by atoms with Crippen molar-refractivity contribution in [3.05, 3.63) is 48.0 Å². The van der Waals surface area contributed by atoms with E-state index in [1.54, 1.807) is 16.8 Å². The molecular formula is C14H11N3O3. The topological polar surface area (TPSA) is 77.2 Å². The van der Waals surface area contributed by atoms with E-state index >= 15 is 0 Å². The second kappa shape index (κ2) is 4.65. The fraction of sp³-hybridized carbons (Fsp3) is 0.0714. The van der Waals surface area contributed by atoms with Crippen molar-refractivity contribution >= 4 is 17.0 Å². The van der Waals surface area contributed by atoms with Gasteiger partial charge in [0.15, 0.2) is 5.75 Å². The molecule has 6 nitrogen and oxygen atoms in total. The van der Waals surface area contributed by atoms with Crippen LogP contribution in [0.1, 0.15) is 10.4 Å². The Morgan fingerprint density at radius 2 is 2.00 bits per heavy atom. The Hall–Kier alpha value is -2.89. The predicted molar refractivity (Wildman–Crippen MR) is 72.4 cm³/mol. The summed E-state index contributed by atoms with van der Waals surface area (Å²) >= 11 is 0. The summed E-state index contributed by atoms with van der Waals surface area (Å²) in [6.45, 7) is 0. The van der Waals surface area contributed by atoms with E-state index in [1.807, 2.05) is 24.3 Å². The summed E-state index contributed by atoms with van der Waals surface area (Å²) in [7, 11) is 1.43. The molecule has 2 aromatic carbocycles. The lowest BCUT2D eigenvalue weighted by molar-refractivity contribution is 0.0693. The monoisotopic (exact) mass is 269 g/mol. The van der Waals surface area contributed by atoms with E-state index in [2.05, 4.69) is 10.3 Å². The fourth-order valence-corrected chi connectivity index (χ4v) is 2.12. The molecule has 3 aromatic rings. The van der Waals surface area contributed by atoms with E-state index in [1.165, 1.54) is 13.2 Å². The van der Waals surface area contributed by atoms with Gasteiger partial charge in [0, 0.05) is 0 Å². The number of para-hydroxylation sites is 2. The number of aromatic nitrogens is 3. The molecule has 0 aliphatic heterocycles. The van der Waals surface area contributed by atoms with Crippen LogP contribution in [0.5, 0.6) is 5.75 Å². The number of nitrogens with zero attached hydrogens (tertiary/aromatic N) is 3. The standard InChI is InChI=1S/C14H11N3O3/c1-20-13-9(14(18)19)5-4-8-12(13)17-11-7-3-2-6-10(11)15-16-17/h2-8H,1H3,(H,18,19). The summed E-state index contributed by atoms with van der Waals surface area (Å²) in [4.78, 5) is 11.2. The zero-order valence-corrected chi connectivity index (χ0v) is 10.6. The number of hydrogen-bond donors (Lipinski definition) is 1. The molecule has 0 spiro atoms. The van der Waals surface area contributed by atoms with Crippen molar-refractivity contribution in [3.63, 3.8) is 0 Å². The van der Waals surface area contributed by atoms with E-state index in [0.29, 0.717) is 5.69 Å². The third-order valence-corrected chi connectivity index (χ3v) is 3.01. The number of aromatic carboxylic acids is 1. The minimum atomic E-state index is -1.05. The van der Waals surface area contributed by atoms with Crippen LogP contribution in [0.3, 0.4) is 0 Å². The maximum atomic E-state index is 11.2. The molecule has 0 aliphatic rings. The van der Waals surface area contributed by atoms with E-state index < -0.39 is 5.97 Å². The summed E-state index contributed by atoms with van der Waals surface area (Å²) in [6, 6.07) is 12.3. The van der Waals surface area contributed by atoms with Crippen molar-refractivity contribution in [2.45, 2.75) is 0 Å². The first-order valence-electron chi connectivity index (χ1n) is 5.93. The third kappa shape index (κ3) is 1.78. The molecule has 0 fully saturated rings. The summed E-state index contributed by atoms with van der Waals surface area (Å²) in [5.74, 6) is -0.788. The maximum absolute atomic E-state index is 11.2. The van der Waals surface area contributed by atoms with Crippen molar-refractivity contribution in [1.82, 2.24) is 15.0 Å². The number of benzene rings is 2. The smallest absolute Gasteiger partial charge is 0.339 e. The van der Waals surface area contributed by atoms with Gasteiger partial charge in [-0.25, -0.2) is 9.48 Å². The highest BCUT2D eigenvalue weighted by atomic mass is 16.5. The molecule has 20 heavy (non-hydrogen) atoms. The average Bonchev–Trinajstić information content (AvgIpc) is 2.90. The lowest BCUT2D eigenvalue weighted by Gasteiger charge is -2.11. The molecule has 100 valence electrons. The number of carbonyl (C=O) groups is 1. The van der Waals surface area contributed by atoms with E-state index in [-0.39, 0.29) is 11.3 Å². The van der Waals surface area contributed by atoms with Gasteiger partial charge in [0.05, 0.1) is 12.6 Å². The number of carboxylic acids is 1. The van der Waals surface area contributed by atoms with Crippen molar-refractivity contribution in [3.8, 4) is 11.4 Å². The van der Waals surface area contributed by atoms with Gasteiger partial charge < -0.3 is 9.84 Å². The van der Waals surface area contributed by atoms with E-state index in [9.17, 15) is 9.90 Å². The van der Waals surface area contributed by atoms with Crippen LogP contribution in [0.4, 0.5) is 0 Å². The van der Waals surface area contributed by atoms with Crippen LogP contribution in [0.2, 0.25) is 0 Å². The Morgan fingerprint density at radius 1 is 1.20 bits per heavy atom. The van der Waals surface area contributed by atoms with Crippen molar-refractivity contribution in [1.29, 1.82) is 0 Å². The molecule has 1 N–H and O–H groups in total. The van der Waals surface area contributed by atoms with Crippen LogP contribution in [0.15, 0.2) is 42.5 Å². The second-order valence-electron chi connectivity index (χ2n) is 4.15. The lowest BCUT2D eigenvalue weighted by atomic mass is 10.1. The summed E-state index contributed by atoms with van der Waals surface area (Å²) in [5, 5.41) is 17.3. The van der Waals surface area contributed by atoms with E-state index in [0.717, 1.165) is 11.0 Å². The first-order chi connectivity index (χ1) is 9.72. The Kier molecular flexibility index (Phi) is 2.83. The molecule has 0 saturated heterocycles. The Labute approximate surface area is 114 Å². The largest absolute Gasteiger partial charge is 0.494 e. The fourth-order valence-electron chi connectivity index (χ4n) is 2.12. The molecule has 0 bridgehead atoms. The number of carboxylic acid groups (broad SMARTS) is 1. The van der Waals surface area contributed by atoms with Gasteiger partial charge in [0.25, 0.3) is 0 Å². The Bertz CT molecular complexity index is 795. The van der Waals surface area contributed by atoms with Gasteiger partial charge in [-0.3, -0.25) is 0 Å². The summed E-state index contributed by atoms with van der Waals surface area (Å²) in [5.41, 5.74) is 2.15. The zero-order valence-electron chi connectivity index (χ0n) is 10.6. The first kappa shape index (κ1) is 12.2. The highest BCUT2D eigenvalue weighted by molar-refractivity contribution is 5.92.